The van der Waals surface area contributed by atoms with Gasteiger partial charge in [0.05, 0.1) is 0 Å². The molecule has 2 amide bonds. The van der Waals surface area contributed by atoms with Crippen LogP contribution in [0.1, 0.15) is 36.8 Å². The van der Waals surface area contributed by atoms with Gasteiger partial charge in [-0.3, -0.25) is 0 Å². The average Bonchev–Trinajstić information content (AvgIpc) is 2.63. The SMILES string of the molecule is C[C@H](/C=N\NC(=O)N/N=C/[C@H](C)c1ccccc1)c1ccccc1. The monoisotopic (exact) mass is 322 g/mol. The third-order valence-corrected chi connectivity index (χ3v) is 3.58. The van der Waals surface area contributed by atoms with Gasteiger partial charge in [0, 0.05) is 24.3 Å². The van der Waals surface area contributed by atoms with Crippen LogP contribution in [0.5, 0.6) is 0 Å². The quantitative estimate of drug-likeness (QED) is 0.615. The number of hydrogen-bond acceptors (Lipinski definition) is 3. The fraction of sp³-hybridized carbons (Fsp3) is 0.211. The number of rotatable bonds is 6. The van der Waals surface area contributed by atoms with Gasteiger partial charge in [0.15, 0.2) is 0 Å². The first-order chi connectivity index (χ1) is 11.7. The molecule has 5 nitrogen and oxygen atoms in total. The van der Waals surface area contributed by atoms with Crippen molar-refractivity contribution in [1.82, 2.24) is 10.9 Å². The lowest BCUT2D eigenvalue weighted by Crippen LogP contribution is -2.28. The molecule has 2 N–H and O–H groups in total. The highest BCUT2D eigenvalue weighted by Crippen LogP contribution is 2.12. The Morgan fingerprint density at radius 3 is 1.54 bits per heavy atom. The third-order valence-electron chi connectivity index (χ3n) is 3.58. The second-order valence-electron chi connectivity index (χ2n) is 5.51. The summed E-state index contributed by atoms with van der Waals surface area (Å²) in [5.74, 6) is 0.237. The number of carbonyl (C=O) groups excluding carboxylic acids is 1. The molecule has 0 aliphatic rings. The summed E-state index contributed by atoms with van der Waals surface area (Å²) >= 11 is 0. The minimum absolute atomic E-state index is 0.119. The summed E-state index contributed by atoms with van der Waals surface area (Å²) in [7, 11) is 0. The van der Waals surface area contributed by atoms with E-state index in [2.05, 4.69) is 21.1 Å². The van der Waals surface area contributed by atoms with Crippen molar-refractivity contribution in [3.63, 3.8) is 0 Å². The largest absolute Gasteiger partial charge is 0.355 e. The molecule has 0 heterocycles. The molecule has 24 heavy (non-hydrogen) atoms. The van der Waals surface area contributed by atoms with Crippen molar-refractivity contribution in [2.45, 2.75) is 25.7 Å². The number of carbonyl (C=O) groups is 1. The van der Waals surface area contributed by atoms with Gasteiger partial charge in [-0.05, 0) is 11.1 Å². The number of nitrogens with zero attached hydrogens (tertiary/aromatic N) is 2. The highest BCUT2D eigenvalue weighted by atomic mass is 16.2. The maximum absolute atomic E-state index is 11.6. The van der Waals surface area contributed by atoms with Crippen LogP contribution in [-0.2, 0) is 0 Å². The minimum Gasteiger partial charge on any atom is -0.245 e. The van der Waals surface area contributed by atoms with Crippen LogP contribution >= 0.6 is 0 Å². The summed E-state index contributed by atoms with van der Waals surface area (Å²) in [4.78, 5) is 11.6. The Bertz CT molecular complexity index is 624. The van der Waals surface area contributed by atoms with Gasteiger partial charge in [0.2, 0.25) is 0 Å². The van der Waals surface area contributed by atoms with Gasteiger partial charge in [-0.2, -0.15) is 10.2 Å². The Kier molecular flexibility index (Phi) is 6.71. The first-order valence-electron chi connectivity index (χ1n) is 7.89. The second kappa shape index (κ2) is 9.25. The molecule has 0 radical (unpaired) electrons. The van der Waals surface area contributed by atoms with E-state index in [4.69, 9.17) is 0 Å². The number of nitrogens with one attached hydrogen (secondary N) is 2. The van der Waals surface area contributed by atoms with Crippen LogP contribution in [0.25, 0.3) is 0 Å². The predicted octanol–water partition coefficient (Wildman–Crippen LogP) is 3.86. The van der Waals surface area contributed by atoms with Crippen molar-refractivity contribution >= 4 is 18.5 Å². The smallest absolute Gasteiger partial charge is 0.245 e. The van der Waals surface area contributed by atoms with Gasteiger partial charge in [0.25, 0.3) is 0 Å². The van der Waals surface area contributed by atoms with Crippen molar-refractivity contribution in [1.29, 1.82) is 0 Å². The zero-order valence-corrected chi connectivity index (χ0v) is 13.9. The van der Waals surface area contributed by atoms with Crippen molar-refractivity contribution in [2.75, 3.05) is 0 Å². The van der Waals surface area contributed by atoms with Crippen LogP contribution in [0.15, 0.2) is 70.9 Å². The molecule has 2 atom stereocenters. The molecule has 0 fully saturated rings. The van der Waals surface area contributed by atoms with E-state index >= 15 is 0 Å². The first kappa shape index (κ1) is 17.4. The van der Waals surface area contributed by atoms with Crippen LogP contribution in [0.4, 0.5) is 4.79 Å². The van der Waals surface area contributed by atoms with Crippen LogP contribution in [-0.4, -0.2) is 18.5 Å². The molecule has 0 bridgehead atoms. The van der Waals surface area contributed by atoms with Gasteiger partial charge >= 0.3 is 6.03 Å². The maximum Gasteiger partial charge on any atom is 0.355 e. The molecular formula is C19H22N4O. The van der Waals surface area contributed by atoms with E-state index in [1.165, 1.54) is 0 Å². The molecule has 5 heteroatoms. The predicted molar refractivity (Wildman–Crippen MR) is 98.4 cm³/mol. The van der Waals surface area contributed by atoms with Crippen molar-refractivity contribution in [2.24, 2.45) is 10.2 Å². The molecule has 2 aromatic rings. The number of benzene rings is 2. The molecule has 0 aliphatic heterocycles. The Morgan fingerprint density at radius 2 is 1.17 bits per heavy atom. The van der Waals surface area contributed by atoms with Gasteiger partial charge in [0.1, 0.15) is 0 Å². The topological polar surface area (TPSA) is 65.8 Å². The molecule has 0 aromatic heterocycles. The average molecular weight is 322 g/mol. The Balaban J connectivity index is 1.75. The van der Waals surface area contributed by atoms with Crippen molar-refractivity contribution < 1.29 is 4.79 Å². The molecule has 0 saturated carbocycles. The van der Waals surface area contributed by atoms with Gasteiger partial charge in [-0.1, -0.05) is 74.5 Å². The number of amides is 2. The fourth-order valence-corrected chi connectivity index (χ4v) is 2.13. The second-order valence-corrected chi connectivity index (χ2v) is 5.51. The minimum atomic E-state index is -0.469. The molecule has 0 spiro atoms. The summed E-state index contributed by atoms with van der Waals surface area (Å²) in [6, 6.07) is 19.4. The summed E-state index contributed by atoms with van der Waals surface area (Å²) in [6.07, 6.45) is 3.37. The van der Waals surface area contributed by atoms with Gasteiger partial charge in [-0.25, -0.2) is 15.6 Å². The van der Waals surface area contributed by atoms with Crippen molar-refractivity contribution in [3.8, 4) is 0 Å². The van der Waals surface area contributed by atoms with E-state index in [-0.39, 0.29) is 11.8 Å². The normalized spacial score (nSPS) is 13.8. The van der Waals surface area contributed by atoms with E-state index in [1.54, 1.807) is 12.4 Å². The lowest BCUT2D eigenvalue weighted by Gasteiger charge is -2.06. The summed E-state index contributed by atoms with van der Waals surface area (Å²) in [5.41, 5.74) is 7.08. The Hall–Kier alpha value is -2.95. The third kappa shape index (κ3) is 5.68. The molecule has 0 aliphatic carbocycles. The highest BCUT2D eigenvalue weighted by molar-refractivity contribution is 5.77. The molecule has 124 valence electrons. The molecule has 0 unspecified atom stereocenters. The number of hydrogen-bond donors (Lipinski definition) is 2. The maximum atomic E-state index is 11.6. The molecular weight excluding hydrogens is 300 g/mol. The molecule has 2 rings (SSSR count). The van der Waals surface area contributed by atoms with E-state index in [0.717, 1.165) is 11.1 Å². The Labute approximate surface area is 142 Å². The van der Waals surface area contributed by atoms with Crippen LogP contribution in [0, 0.1) is 0 Å². The van der Waals surface area contributed by atoms with Crippen LogP contribution in [0.3, 0.4) is 0 Å². The van der Waals surface area contributed by atoms with Crippen LogP contribution < -0.4 is 10.9 Å². The molecule has 2 aromatic carbocycles. The lowest BCUT2D eigenvalue weighted by molar-refractivity contribution is 0.242. The van der Waals surface area contributed by atoms with Crippen molar-refractivity contribution in [3.05, 3.63) is 71.8 Å². The fourth-order valence-electron chi connectivity index (χ4n) is 2.13. The first-order valence-corrected chi connectivity index (χ1v) is 7.89. The van der Waals surface area contributed by atoms with Gasteiger partial charge < -0.3 is 0 Å². The van der Waals surface area contributed by atoms with E-state index in [9.17, 15) is 4.79 Å². The Morgan fingerprint density at radius 1 is 0.792 bits per heavy atom. The highest BCUT2D eigenvalue weighted by Gasteiger charge is 2.02. The van der Waals surface area contributed by atoms with E-state index in [0.29, 0.717) is 0 Å². The lowest BCUT2D eigenvalue weighted by atomic mass is 10.0. The van der Waals surface area contributed by atoms with Crippen LogP contribution in [0.2, 0.25) is 0 Å². The number of urea groups is 1. The zero-order valence-electron chi connectivity index (χ0n) is 13.9. The number of hydrazone groups is 2. The summed E-state index contributed by atoms with van der Waals surface area (Å²) in [5, 5.41) is 7.89. The summed E-state index contributed by atoms with van der Waals surface area (Å²) in [6.45, 7) is 4.02. The zero-order chi connectivity index (χ0) is 17.2. The molecule has 0 saturated heterocycles. The standard InChI is InChI=1S/C19H22N4O/c1-15(17-9-5-3-6-10-17)13-20-22-19(24)23-21-14-16(2)18-11-7-4-8-12-18/h3-16H,1-2H3,(H2,22,23,24)/b20-13-,21-14+/t15-,16+/m1/s1. The van der Waals surface area contributed by atoms with Gasteiger partial charge in [-0.15, -0.1) is 0 Å². The summed E-state index contributed by atoms with van der Waals surface area (Å²) < 4.78 is 0. The van der Waals surface area contributed by atoms with E-state index < -0.39 is 6.03 Å². The van der Waals surface area contributed by atoms with E-state index in [1.807, 2.05) is 74.5 Å².